The standard InChI is InChI=1S/C24H23N3O3/c28-23(26-30)19-13-11-18(12-14-19)20-9-4-10-21-22(20)25-16-27(24(21)29)15-5-8-17-6-2-1-3-7-17/h2,4,6-7,9-14,16,30H,1,3,5,8,15H2,(H,26,28). The fraction of sp³-hybridized carbons (Fsp3) is 0.208. The highest BCUT2D eigenvalue weighted by Gasteiger charge is 2.11. The van der Waals surface area contributed by atoms with Gasteiger partial charge in [-0.25, -0.2) is 10.5 Å². The number of para-hydroxylation sites is 1. The van der Waals surface area contributed by atoms with E-state index in [1.807, 2.05) is 12.1 Å². The molecule has 2 N–H and O–H groups in total. The number of carbonyl (C=O) groups is 1. The predicted molar refractivity (Wildman–Crippen MR) is 116 cm³/mol. The summed E-state index contributed by atoms with van der Waals surface area (Å²) < 4.78 is 1.67. The number of hydrogen-bond donors (Lipinski definition) is 2. The van der Waals surface area contributed by atoms with E-state index < -0.39 is 5.91 Å². The van der Waals surface area contributed by atoms with Crippen LogP contribution in [-0.4, -0.2) is 20.7 Å². The lowest BCUT2D eigenvalue weighted by Gasteiger charge is -2.11. The summed E-state index contributed by atoms with van der Waals surface area (Å²) in [4.78, 5) is 29.1. The molecule has 0 atom stereocenters. The minimum atomic E-state index is -0.569. The van der Waals surface area contributed by atoms with Gasteiger partial charge in [0.2, 0.25) is 0 Å². The normalized spacial score (nSPS) is 13.3. The van der Waals surface area contributed by atoms with Gasteiger partial charge in [-0.15, -0.1) is 0 Å². The van der Waals surface area contributed by atoms with Crippen LogP contribution in [0, 0.1) is 0 Å². The molecule has 1 aromatic heterocycles. The lowest BCUT2D eigenvalue weighted by Crippen LogP contribution is -2.21. The Morgan fingerprint density at radius 2 is 1.97 bits per heavy atom. The summed E-state index contributed by atoms with van der Waals surface area (Å²) in [6.07, 6.45) is 12.3. The van der Waals surface area contributed by atoms with Crippen molar-refractivity contribution in [1.82, 2.24) is 15.0 Å². The Morgan fingerprint density at radius 1 is 1.13 bits per heavy atom. The van der Waals surface area contributed by atoms with Crippen molar-refractivity contribution < 1.29 is 10.0 Å². The molecule has 6 heteroatoms. The van der Waals surface area contributed by atoms with Gasteiger partial charge in [0.15, 0.2) is 0 Å². The van der Waals surface area contributed by atoms with Crippen molar-refractivity contribution in [3.63, 3.8) is 0 Å². The number of nitrogens with zero attached hydrogens (tertiary/aromatic N) is 2. The van der Waals surface area contributed by atoms with Crippen molar-refractivity contribution in [3.05, 3.63) is 88.5 Å². The zero-order chi connectivity index (χ0) is 20.9. The zero-order valence-electron chi connectivity index (χ0n) is 16.5. The van der Waals surface area contributed by atoms with Crippen LogP contribution in [0.3, 0.4) is 0 Å². The van der Waals surface area contributed by atoms with Gasteiger partial charge in [-0.2, -0.15) is 0 Å². The van der Waals surface area contributed by atoms with Crippen LogP contribution in [-0.2, 0) is 6.54 Å². The average molecular weight is 401 g/mol. The van der Waals surface area contributed by atoms with Crippen molar-refractivity contribution in [2.45, 2.75) is 32.2 Å². The molecule has 0 unspecified atom stereocenters. The van der Waals surface area contributed by atoms with E-state index in [2.05, 4.69) is 23.2 Å². The van der Waals surface area contributed by atoms with Crippen molar-refractivity contribution in [3.8, 4) is 11.1 Å². The first kappa shape index (κ1) is 19.8. The highest BCUT2D eigenvalue weighted by Crippen LogP contribution is 2.26. The monoisotopic (exact) mass is 401 g/mol. The molecule has 0 spiro atoms. The molecule has 1 amide bonds. The lowest BCUT2D eigenvalue weighted by atomic mass is 10.0. The van der Waals surface area contributed by atoms with Crippen LogP contribution >= 0.6 is 0 Å². The maximum Gasteiger partial charge on any atom is 0.274 e. The molecular formula is C24H23N3O3. The van der Waals surface area contributed by atoms with E-state index in [4.69, 9.17) is 5.21 Å². The summed E-state index contributed by atoms with van der Waals surface area (Å²) in [6.45, 7) is 0.627. The van der Waals surface area contributed by atoms with E-state index in [-0.39, 0.29) is 5.56 Å². The van der Waals surface area contributed by atoms with Crippen molar-refractivity contribution in [1.29, 1.82) is 0 Å². The van der Waals surface area contributed by atoms with Gasteiger partial charge in [-0.3, -0.25) is 19.4 Å². The largest absolute Gasteiger partial charge is 0.299 e. The van der Waals surface area contributed by atoms with E-state index >= 15 is 0 Å². The Morgan fingerprint density at radius 3 is 2.70 bits per heavy atom. The Balaban J connectivity index is 1.59. The summed E-state index contributed by atoms with van der Waals surface area (Å²) >= 11 is 0. The molecule has 0 aliphatic heterocycles. The molecule has 6 nitrogen and oxygen atoms in total. The van der Waals surface area contributed by atoms with Crippen molar-refractivity contribution >= 4 is 16.8 Å². The van der Waals surface area contributed by atoms with E-state index in [1.165, 1.54) is 5.57 Å². The minimum Gasteiger partial charge on any atom is -0.299 e. The van der Waals surface area contributed by atoms with Crippen molar-refractivity contribution in [2.24, 2.45) is 0 Å². The quantitative estimate of drug-likeness (QED) is 0.478. The highest BCUT2D eigenvalue weighted by atomic mass is 16.5. The number of benzene rings is 2. The summed E-state index contributed by atoms with van der Waals surface area (Å²) in [5, 5.41) is 9.33. The maximum atomic E-state index is 13.0. The van der Waals surface area contributed by atoms with Crippen LogP contribution in [0.5, 0.6) is 0 Å². The smallest absolute Gasteiger partial charge is 0.274 e. The number of allylic oxidation sites excluding steroid dienone is 4. The van der Waals surface area contributed by atoms with Crippen LogP contribution in [0.1, 0.15) is 36.0 Å². The fourth-order valence-electron chi connectivity index (χ4n) is 3.75. The lowest BCUT2D eigenvalue weighted by molar-refractivity contribution is 0.0706. The van der Waals surface area contributed by atoms with E-state index in [1.54, 1.807) is 46.7 Å². The van der Waals surface area contributed by atoms with Gasteiger partial charge >= 0.3 is 0 Å². The first-order chi connectivity index (χ1) is 14.7. The number of fused-ring (bicyclic) bond motifs is 1. The Bertz CT molecular complexity index is 1190. The van der Waals surface area contributed by atoms with Crippen LogP contribution < -0.4 is 11.0 Å². The molecule has 4 rings (SSSR count). The number of nitrogens with one attached hydrogen (secondary N) is 1. The van der Waals surface area contributed by atoms with Crippen LogP contribution in [0.15, 0.2) is 77.4 Å². The molecule has 0 saturated heterocycles. The topological polar surface area (TPSA) is 84.2 Å². The number of hydrogen-bond acceptors (Lipinski definition) is 4. The Labute approximate surface area is 174 Å². The second kappa shape index (κ2) is 8.88. The highest BCUT2D eigenvalue weighted by molar-refractivity contribution is 5.96. The van der Waals surface area contributed by atoms with E-state index in [0.29, 0.717) is 23.0 Å². The third-order valence-electron chi connectivity index (χ3n) is 5.35. The summed E-state index contributed by atoms with van der Waals surface area (Å²) in [7, 11) is 0. The van der Waals surface area contributed by atoms with Crippen LogP contribution in [0.2, 0.25) is 0 Å². The Hall–Kier alpha value is -3.51. The number of aromatic nitrogens is 2. The van der Waals surface area contributed by atoms with Crippen LogP contribution in [0.25, 0.3) is 22.0 Å². The molecule has 0 saturated carbocycles. The molecule has 0 radical (unpaired) electrons. The van der Waals surface area contributed by atoms with Gasteiger partial charge in [0.05, 0.1) is 17.2 Å². The number of hydroxylamine groups is 1. The van der Waals surface area contributed by atoms with Gasteiger partial charge in [0, 0.05) is 17.7 Å². The van der Waals surface area contributed by atoms with Crippen LogP contribution in [0.4, 0.5) is 0 Å². The van der Waals surface area contributed by atoms with Crippen molar-refractivity contribution in [2.75, 3.05) is 0 Å². The molecule has 1 aliphatic rings. The third-order valence-corrected chi connectivity index (χ3v) is 5.35. The fourth-order valence-corrected chi connectivity index (χ4v) is 3.75. The van der Waals surface area contributed by atoms with Gasteiger partial charge in [-0.1, -0.05) is 48.1 Å². The predicted octanol–water partition coefficient (Wildman–Crippen LogP) is 4.24. The second-order valence-corrected chi connectivity index (χ2v) is 7.33. The first-order valence-electron chi connectivity index (χ1n) is 10.1. The summed E-state index contributed by atoms with van der Waals surface area (Å²) in [6, 6.07) is 12.3. The summed E-state index contributed by atoms with van der Waals surface area (Å²) in [5.41, 5.74) is 5.56. The molecule has 1 heterocycles. The molecule has 1 aliphatic carbocycles. The van der Waals surface area contributed by atoms with E-state index in [0.717, 1.165) is 36.8 Å². The van der Waals surface area contributed by atoms with Gasteiger partial charge in [0.25, 0.3) is 11.5 Å². The number of amides is 1. The Kier molecular flexibility index (Phi) is 5.86. The zero-order valence-corrected chi connectivity index (χ0v) is 16.5. The molecule has 2 aromatic carbocycles. The third kappa shape index (κ3) is 4.09. The molecule has 3 aromatic rings. The minimum absolute atomic E-state index is 0.0497. The molecular weight excluding hydrogens is 378 g/mol. The van der Waals surface area contributed by atoms with Gasteiger partial charge < -0.3 is 0 Å². The molecule has 0 bridgehead atoms. The molecule has 30 heavy (non-hydrogen) atoms. The summed E-state index contributed by atoms with van der Waals surface area (Å²) in [5.74, 6) is -0.569. The number of carbonyl (C=O) groups excluding carboxylic acids is 1. The number of aryl methyl sites for hydroxylation is 1. The molecule has 152 valence electrons. The second-order valence-electron chi connectivity index (χ2n) is 7.33. The average Bonchev–Trinajstić information content (AvgIpc) is 2.80. The van der Waals surface area contributed by atoms with E-state index in [9.17, 15) is 9.59 Å². The molecule has 0 fully saturated rings. The van der Waals surface area contributed by atoms with Gasteiger partial charge in [-0.05, 0) is 49.4 Å². The number of rotatable bonds is 6. The first-order valence-corrected chi connectivity index (χ1v) is 10.1. The van der Waals surface area contributed by atoms with Gasteiger partial charge in [0.1, 0.15) is 0 Å². The SMILES string of the molecule is O=C(NO)c1ccc(-c2cccc3c(=O)n(CCCC4=CCCC=C4)cnc23)cc1. The maximum absolute atomic E-state index is 13.0.